The van der Waals surface area contributed by atoms with Crippen molar-refractivity contribution in [2.24, 2.45) is 5.73 Å². The zero-order valence-corrected chi connectivity index (χ0v) is 17.4. The summed E-state index contributed by atoms with van der Waals surface area (Å²) in [5.74, 6) is 2.07. The fourth-order valence-electron chi connectivity index (χ4n) is 4.25. The van der Waals surface area contributed by atoms with Crippen LogP contribution in [0.25, 0.3) is 0 Å². The van der Waals surface area contributed by atoms with Crippen LogP contribution in [0.5, 0.6) is 5.75 Å². The van der Waals surface area contributed by atoms with Crippen LogP contribution in [0.15, 0.2) is 47.1 Å². The highest BCUT2D eigenvalue weighted by Crippen LogP contribution is 2.38. The molecule has 2 aliphatic heterocycles. The van der Waals surface area contributed by atoms with E-state index in [2.05, 4.69) is 10.6 Å². The zero-order valence-electron chi connectivity index (χ0n) is 17.4. The zero-order chi connectivity index (χ0) is 20.9. The summed E-state index contributed by atoms with van der Waals surface area (Å²) in [5, 5.41) is 6.74. The summed E-state index contributed by atoms with van der Waals surface area (Å²) in [6.07, 6.45) is 7.14. The molecule has 0 amide bonds. The minimum atomic E-state index is -0.291. The van der Waals surface area contributed by atoms with Crippen LogP contribution >= 0.6 is 0 Å². The number of nitrogens with one attached hydrogen (secondary N) is 2. The summed E-state index contributed by atoms with van der Waals surface area (Å²) >= 11 is 0. The Morgan fingerprint density at radius 3 is 2.87 bits per heavy atom. The molecule has 1 saturated carbocycles. The predicted octanol–water partition coefficient (Wildman–Crippen LogP) is 3.11. The lowest BCUT2D eigenvalue weighted by molar-refractivity contribution is 0.147. The number of halogens is 1. The topological polar surface area (TPSA) is 77.8 Å². The summed E-state index contributed by atoms with van der Waals surface area (Å²) < 4.78 is 32.7. The molecule has 4 N–H and O–H groups in total. The maximum Gasteiger partial charge on any atom is 0.171 e. The van der Waals surface area contributed by atoms with Crippen molar-refractivity contribution >= 4 is 5.69 Å². The average Bonchev–Trinajstić information content (AvgIpc) is 3.35. The molecule has 2 atom stereocenters. The van der Waals surface area contributed by atoms with Crippen molar-refractivity contribution in [2.75, 3.05) is 25.6 Å². The van der Waals surface area contributed by atoms with Crippen molar-refractivity contribution in [1.29, 1.82) is 0 Å². The lowest BCUT2D eigenvalue weighted by atomic mass is 9.92. The second-order valence-electron chi connectivity index (χ2n) is 8.73. The molecule has 6 nitrogen and oxygen atoms in total. The first-order valence-electron chi connectivity index (χ1n) is 10.6. The summed E-state index contributed by atoms with van der Waals surface area (Å²) in [7, 11) is 1.63. The van der Waals surface area contributed by atoms with Crippen LogP contribution in [0.2, 0.25) is 0 Å². The Morgan fingerprint density at radius 2 is 2.10 bits per heavy atom. The molecule has 1 aromatic carbocycles. The molecular weight excluding hydrogens is 385 g/mol. The smallest absolute Gasteiger partial charge is 0.171 e. The lowest BCUT2D eigenvalue weighted by Gasteiger charge is -2.32. The monoisotopic (exact) mass is 413 g/mol. The largest absolute Gasteiger partial charge is 0.493 e. The molecule has 30 heavy (non-hydrogen) atoms. The van der Waals surface area contributed by atoms with Gasteiger partial charge in [0, 0.05) is 41.9 Å². The van der Waals surface area contributed by atoms with Crippen molar-refractivity contribution in [1.82, 2.24) is 5.32 Å². The quantitative estimate of drug-likeness (QED) is 0.665. The van der Waals surface area contributed by atoms with Gasteiger partial charge in [-0.25, -0.2) is 4.39 Å². The highest BCUT2D eigenvalue weighted by molar-refractivity contribution is 5.60. The number of hydrogen-bond donors (Lipinski definition) is 3. The van der Waals surface area contributed by atoms with E-state index < -0.39 is 0 Å². The van der Waals surface area contributed by atoms with E-state index in [0.29, 0.717) is 43.1 Å². The highest BCUT2D eigenvalue weighted by Gasteiger charge is 2.40. The third-order valence-electron chi connectivity index (χ3n) is 6.25. The van der Waals surface area contributed by atoms with Crippen molar-refractivity contribution in [3.63, 3.8) is 0 Å². The molecule has 0 aromatic heterocycles. The van der Waals surface area contributed by atoms with E-state index >= 15 is 4.39 Å². The Bertz CT molecular complexity index is 965. The first kappa shape index (κ1) is 19.5. The molecule has 1 aromatic rings. The van der Waals surface area contributed by atoms with Gasteiger partial charge in [0.05, 0.1) is 12.6 Å². The Morgan fingerprint density at radius 1 is 1.27 bits per heavy atom. The molecule has 5 rings (SSSR count). The Labute approximate surface area is 175 Å². The SMILES string of the molecule is COC1=C(OCC2(N)CC2)C[C@@H]2NCC=C(Oc3ccc4c(c3F)C[C@H](C)N4)C2=C1. The van der Waals surface area contributed by atoms with Gasteiger partial charge in [0.25, 0.3) is 0 Å². The summed E-state index contributed by atoms with van der Waals surface area (Å²) in [4.78, 5) is 0. The van der Waals surface area contributed by atoms with E-state index in [-0.39, 0.29) is 29.2 Å². The molecule has 4 aliphatic rings. The van der Waals surface area contributed by atoms with Crippen molar-refractivity contribution in [3.05, 3.63) is 58.5 Å². The standard InChI is InChI=1S/C23H28FN3O3/c1-13-9-15-16(27-13)3-4-19(22(15)24)30-18-5-8-26-17-11-21(20(28-2)10-14(17)18)29-12-23(25)6-7-23/h3-5,10,13,17,26-27H,6-9,11-12,25H2,1-2H3/t13-,17-/m0/s1. The Kier molecular flexibility index (Phi) is 4.75. The van der Waals surface area contributed by atoms with Gasteiger partial charge in [0.1, 0.15) is 18.1 Å². The predicted molar refractivity (Wildman–Crippen MR) is 113 cm³/mol. The first-order valence-corrected chi connectivity index (χ1v) is 10.6. The number of hydrogen-bond acceptors (Lipinski definition) is 6. The average molecular weight is 413 g/mol. The van der Waals surface area contributed by atoms with Crippen LogP contribution in [0.4, 0.5) is 10.1 Å². The molecule has 0 radical (unpaired) electrons. The van der Waals surface area contributed by atoms with E-state index in [1.807, 2.05) is 25.1 Å². The number of ether oxygens (including phenoxy) is 3. The van der Waals surface area contributed by atoms with Gasteiger partial charge in [0.2, 0.25) is 0 Å². The molecule has 2 heterocycles. The van der Waals surface area contributed by atoms with Crippen LogP contribution < -0.4 is 21.1 Å². The number of allylic oxidation sites excluding steroid dienone is 1. The van der Waals surface area contributed by atoms with Gasteiger partial charge in [-0.05, 0) is 50.5 Å². The van der Waals surface area contributed by atoms with Crippen molar-refractivity contribution < 1.29 is 18.6 Å². The van der Waals surface area contributed by atoms with Crippen LogP contribution in [-0.2, 0) is 15.9 Å². The summed E-state index contributed by atoms with van der Waals surface area (Å²) in [5.41, 5.74) is 8.44. The van der Waals surface area contributed by atoms with Gasteiger partial charge in [-0.3, -0.25) is 0 Å². The highest BCUT2D eigenvalue weighted by atomic mass is 19.1. The van der Waals surface area contributed by atoms with Gasteiger partial charge in [0.15, 0.2) is 17.3 Å². The molecule has 160 valence electrons. The third-order valence-corrected chi connectivity index (χ3v) is 6.25. The number of methoxy groups -OCH3 is 1. The molecule has 0 saturated heterocycles. The van der Waals surface area contributed by atoms with Gasteiger partial charge >= 0.3 is 0 Å². The first-order chi connectivity index (χ1) is 14.5. The van der Waals surface area contributed by atoms with Crippen molar-refractivity contribution in [3.8, 4) is 5.75 Å². The minimum absolute atomic E-state index is 0.0194. The summed E-state index contributed by atoms with van der Waals surface area (Å²) in [6, 6.07) is 3.83. The van der Waals surface area contributed by atoms with Crippen LogP contribution in [0, 0.1) is 5.82 Å². The number of rotatable bonds is 6. The molecule has 0 unspecified atom stereocenters. The van der Waals surface area contributed by atoms with Crippen molar-refractivity contribution in [2.45, 2.75) is 50.2 Å². The van der Waals surface area contributed by atoms with Crippen LogP contribution in [-0.4, -0.2) is 37.9 Å². The number of anilines is 1. The van der Waals surface area contributed by atoms with E-state index in [0.717, 1.165) is 29.9 Å². The molecular formula is C23H28FN3O3. The maximum atomic E-state index is 15.1. The van der Waals surface area contributed by atoms with E-state index in [1.54, 1.807) is 13.2 Å². The van der Waals surface area contributed by atoms with Crippen LogP contribution in [0.1, 0.15) is 31.7 Å². The van der Waals surface area contributed by atoms with Gasteiger partial charge in [-0.15, -0.1) is 0 Å². The van der Waals surface area contributed by atoms with Gasteiger partial charge < -0.3 is 30.6 Å². The Balaban J connectivity index is 1.39. The van der Waals surface area contributed by atoms with E-state index in [1.165, 1.54) is 0 Å². The normalized spacial score (nSPS) is 26.1. The fourth-order valence-corrected chi connectivity index (χ4v) is 4.25. The minimum Gasteiger partial charge on any atom is -0.493 e. The van der Waals surface area contributed by atoms with Gasteiger partial charge in [-0.1, -0.05) is 0 Å². The lowest BCUT2D eigenvalue weighted by Crippen LogP contribution is -2.39. The number of nitrogens with two attached hydrogens (primary N) is 1. The maximum absolute atomic E-state index is 15.1. The molecule has 0 bridgehead atoms. The molecule has 2 aliphatic carbocycles. The second kappa shape index (κ2) is 7.32. The second-order valence-corrected chi connectivity index (χ2v) is 8.73. The molecule has 0 spiro atoms. The number of fused-ring (bicyclic) bond motifs is 2. The van der Waals surface area contributed by atoms with Gasteiger partial charge in [-0.2, -0.15) is 0 Å². The van der Waals surface area contributed by atoms with E-state index in [4.69, 9.17) is 19.9 Å². The fraction of sp³-hybridized carbons (Fsp3) is 0.478. The van der Waals surface area contributed by atoms with E-state index in [9.17, 15) is 0 Å². The molecule has 7 heteroatoms. The Hall–Kier alpha value is -2.51. The summed E-state index contributed by atoms with van der Waals surface area (Å²) in [6.45, 7) is 3.18. The van der Waals surface area contributed by atoms with Crippen LogP contribution in [0.3, 0.4) is 0 Å². The number of benzene rings is 1. The third kappa shape index (κ3) is 3.56. The molecule has 1 fully saturated rings.